The van der Waals surface area contributed by atoms with E-state index in [9.17, 15) is 4.79 Å². The summed E-state index contributed by atoms with van der Waals surface area (Å²) in [5.41, 5.74) is 0.594. The topological polar surface area (TPSA) is 95.6 Å². The highest BCUT2D eigenvalue weighted by atomic mass is 16.1. The molecule has 106 valence electrons. The van der Waals surface area contributed by atoms with Gasteiger partial charge in [0.05, 0.1) is 0 Å². The highest BCUT2D eigenvalue weighted by Gasteiger charge is 2.06. The molecule has 0 aliphatic heterocycles. The van der Waals surface area contributed by atoms with Crippen molar-refractivity contribution in [2.75, 3.05) is 18.4 Å². The molecule has 0 aliphatic carbocycles. The minimum absolute atomic E-state index is 0.119. The first kappa shape index (κ1) is 14.0. The number of carbonyl (C=O) groups is 1. The zero-order valence-corrected chi connectivity index (χ0v) is 11.4. The van der Waals surface area contributed by atoms with Gasteiger partial charge in [-0.1, -0.05) is 6.92 Å². The lowest BCUT2D eigenvalue weighted by molar-refractivity contribution is 0.0954. The summed E-state index contributed by atoms with van der Waals surface area (Å²) in [6, 6.07) is 3.44. The van der Waals surface area contributed by atoms with Crippen molar-refractivity contribution >= 4 is 11.7 Å². The Bertz CT molecular complexity index is 540. The Morgan fingerprint density at radius 2 is 2.25 bits per heavy atom. The molecule has 2 rings (SSSR count). The summed E-state index contributed by atoms with van der Waals surface area (Å²) in [5, 5.41) is 12.5. The summed E-state index contributed by atoms with van der Waals surface area (Å²) in [4.78, 5) is 20.1. The van der Waals surface area contributed by atoms with Crippen LogP contribution in [0, 0.1) is 0 Å². The van der Waals surface area contributed by atoms with E-state index in [2.05, 4.69) is 37.7 Å². The van der Waals surface area contributed by atoms with E-state index in [0.717, 1.165) is 24.6 Å². The highest BCUT2D eigenvalue weighted by Crippen LogP contribution is 2.06. The first-order valence-electron chi connectivity index (χ1n) is 6.62. The minimum atomic E-state index is -0.119. The maximum atomic E-state index is 12.0. The number of carbonyl (C=O) groups excluding carboxylic acids is 1. The van der Waals surface area contributed by atoms with Crippen LogP contribution in [0.5, 0.6) is 0 Å². The molecule has 0 bridgehead atoms. The molecule has 0 unspecified atom stereocenters. The van der Waals surface area contributed by atoms with Crippen LogP contribution in [0.4, 0.5) is 5.82 Å². The van der Waals surface area contributed by atoms with E-state index in [4.69, 9.17) is 0 Å². The van der Waals surface area contributed by atoms with Crippen molar-refractivity contribution in [3.05, 3.63) is 36.0 Å². The molecule has 7 nitrogen and oxygen atoms in total. The third-order valence-corrected chi connectivity index (χ3v) is 2.69. The van der Waals surface area contributed by atoms with Gasteiger partial charge < -0.3 is 10.6 Å². The molecular weight excluding hydrogens is 256 g/mol. The van der Waals surface area contributed by atoms with Gasteiger partial charge in [-0.15, -0.1) is 0 Å². The highest BCUT2D eigenvalue weighted by molar-refractivity contribution is 5.94. The van der Waals surface area contributed by atoms with Gasteiger partial charge in [0.1, 0.15) is 18.0 Å². The fourth-order valence-corrected chi connectivity index (χ4v) is 1.67. The Morgan fingerprint density at radius 3 is 3.00 bits per heavy atom. The van der Waals surface area contributed by atoms with Crippen molar-refractivity contribution in [1.82, 2.24) is 25.5 Å². The van der Waals surface area contributed by atoms with E-state index >= 15 is 0 Å². The monoisotopic (exact) mass is 274 g/mol. The van der Waals surface area contributed by atoms with Gasteiger partial charge in [0.2, 0.25) is 0 Å². The van der Waals surface area contributed by atoms with E-state index in [0.29, 0.717) is 18.5 Å². The Morgan fingerprint density at radius 1 is 1.35 bits per heavy atom. The number of anilines is 1. The molecule has 0 saturated heterocycles. The predicted octanol–water partition coefficient (Wildman–Crippen LogP) is 0.994. The van der Waals surface area contributed by atoms with Gasteiger partial charge in [-0.2, -0.15) is 5.10 Å². The smallest absolute Gasteiger partial charge is 0.251 e. The van der Waals surface area contributed by atoms with Crippen molar-refractivity contribution in [3.8, 4) is 0 Å². The summed E-state index contributed by atoms with van der Waals surface area (Å²) in [6.07, 6.45) is 4.71. The molecule has 0 aromatic carbocycles. The lowest BCUT2D eigenvalue weighted by atomic mass is 10.2. The SMILES string of the molecule is CCCNc1cc(C(=O)NCCc2ncn[nH]2)ccn1. The zero-order chi connectivity index (χ0) is 14.2. The number of hydrogen-bond acceptors (Lipinski definition) is 5. The third kappa shape index (κ3) is 4.04. The lowest BCUT2D eigenvalue weighted by Crippen LogP contribution is -2.26. The Balaban J connectivity index is 1.85. The molecule has 0 atom stereocenters. The van der Waals surface area contributed by atoms with Gasteiger partial charge in [0.25, 0.3) is 5.91 Å². The van der Waals surface area contributed by atoms with Crippen LogP contribution < -0.4 is 10.6 Å². The van der Waals surface area contributed by atoms with Crippen LogP contribution in [0.25, 0.3) is 0 Å². The molecule has 2 heterocycles. The number of pyridine rings is 1. The standard InChI is InChI=1S/C13H18N6O/c1-2-5-14-12-8-10(3-6-15-12)13(20)16-7-4-11-17-9-18-19-11/h3,6,8-9H,2,4-5,7H2,1H3,(H,14,15)(H,16,20)(H,17,18,19). The number of aromatic nitrogens is 4. The molecular formula is C13H18N6O. The minimum Gasteiger partial charge on any atom is -0.370 e. The second-order valence-corrected chi connectivity index (χ2v) is 4.29. The number of nitrogens with one attached hydrogen (secondary N) is 3. The van der Waals surface area contributed by atoms with Gasteiger partial charge in [0.15, 0.2) is 0 Å². The van der Waals surface area contributed by atoms with E-state index in [1.54, 1.807) is 18.3 Å². The maximum Gasteiger partial charge on any atom is 0.251 e. The number of rotatable bonds is 7. The predicted molar refractivity (Wildman–Crippen MR) is 75.4 cm³/mol. The van der Waals surface area contributed by atoms with Crippen LogP contribution >= 0.6 is 0 Å². The number of amides is 1. The Labute approximate surface area is 117 Å². The van der Waals surface area contributed by atoms with Crippen LogP contribution in [0.15, 0.2) is 24.7 Å². The second kappa shape index (κ2) is 7.22. The second-order valence-electron chi connectivity index (χ2n) is 4.29. The number of nitrogens with zero attached hydrogens (tertiary/aromatic N) is 3. The van der Waals surface area contributed by atoms with Gasteiger partial charge in [-0.25, -0.2) is 9.97 Å². The average molecular weight is 274 g/mol. The van der Waals surface area contributed by atoms with Crippen LogP contribution in [-0.2, 0) is 6.42 Å². The molecule has 0 saturated carbocycles. The molecule has 2 aromatic heterocycles. The van der Waals surface area contributed by atoms with E-state index in [1.807, 2.05) is 0 Å². The summed E-state index contributed by atoms with van der Waals surface area (Å²) in [7, 11) is 0. The molecule has 0 aliphatic rings. The fraction of sp³-hybridized carbons (Fsp3) is 0.385. The molecule has 0 radical (unpaired) electrons. The van der Waals surface area contributed by atoms with Crippen molar-refractivity contribution < 1.29 is 4.79 Å². The lowest BCUT2D eigenvalue weighted by Gasteiger charge is -2.07. The number of hydrogen-bond donors (Lipinski definition) is 3. The quantitative estimate of drug-likeness (QED) is 0.700. The van der Waals surface area contributed by atoms with E-state index in [-0.39, 0.29) is 5.91 Å². The number of aromatic amines is 1. The van der Waals surface area contributed by atoms with Crippen molar-refractivity contribution in [1.29, 1.82) is 0 Å². The molecule has 3 N–H and O–H groups in total. The molecule has 2 aromatic rings. The first-order valence-corrected chi connectivity index (χ1v) is 6.62. The van der Waals surface area contributed by atoms with Crippen molar-refractivity contribution in [2.45, 2.75) is 19.8 Å². The molecule has 7 heteroatoms. The maximum absolute atomic E-state index is 12.0. The van der Waals surface area contributed by atoms with Crippen LogP contribution in [0.1, 0.15) is 29.5 Å². The molecule has 1 amide bonds. The van der Waals surface area contributed by atoms with Gasteiger partial charge in [-0.3, -0.25) is 9.89 Å². The van der Waals surface area contributed by atoms with Crippen molar-refractivity contribution in [3.63, 3.8) is 0 Å². The fourth-order valence-electron chi connectivity index (χ4n) is 1.67. The van der Waals surface area contributed by atoms with Crippen LogP contribution in [0.2, 0.25) is 0 Å². The zero-order valence-electron chi connectivity index (χ0n) is 11.4. The van der Waals surface area contributed by atoms with Gasteiger partial charge in [-0.05, 0) is 18.6 Å². The average Bonchev–Trinajstić information content (AvgIpc) is 2.98. The Kier molecular flexibility index (Phi) is 5.05. The normalized spacial score (nSPS) is 10.2. The van der Waals surface area contributed by atoms with Crippen LogP contribution in [-0.4, -0.2) is 39.2 Å². The van der Waals surface area contributed by atoms with Gasteiger partial charge in [0, 0.05) is 31.3 Å². The summed E-state index contributed by atoms with van der Waals surface area (Å²) < 4.78 is 0. The summed E-state index contributed by atoms with van der Waals surface area (Å²) in [5.74, 6) is 1.35. The van der Waals surface area contributed by atoms with E-state index < -0.39 is 0 Å². The first-order chi connectivity index (χ1) is 9.79. The van der Waals surface area contributed by atoms with Crippen molar-refractivity contribution in [2.24, 2.45) is 0 Å². The van der Waals surface area contributed by atoms with E-state index in [1.165, 1.54) is 6.33 Å². The summed E-state index contributed by atoms with van der Waals surface area (Å²) in [6.45, 7) is 3.42. The number of H-pyrrole nitrogens is 1. The molecule has 0 fully saturated rings. The summed E-state index contributed by atoms with van der Waals surface area (Å²) >= 11 is 0. The van der Waals surface area contributed by atoms with Gasteiger partial charge >= 0.3 is 0 Å². The largest absolute Gasteiger partial charge is 0.370 e. The Hall–Kier alpha value is -2.44. The third-order valence-electron chi connectivity index (χ3n) is 2.69. The molecule has 20 heavy (non-hydrogen) atoms. The van der Waals surface area contributed by atoms with Crippen LogP contribution in [0.3, 0.4) is 0 Å². The molecule has 0 spiro atoms.